The smallest absolute Gasteiger partial charge is 0.273 e. The van der Waals surface area contributed by atoms with Crippen molar-refractivity contribution in [2.24, 2.45) is 5.92 Å². The summed E-state index contributed by atoms with van der Waals surface area (Å²) in [5.41, 5.74) is 0.0818. The summed E-state index contributed by atoms with van der Waals surface area (Å²) >= 11 is 0. The van der Waals surface area contributed by atoms with Gasteiger partial charge in [0.25, 0.3) is 5.69 Å². The van der Waals surface area contributed by atoms with Gasteiger partial charge in [-0.1, -0.05) is 6.07 Å². The molecule has 4 heteroatoms. The quantitative estimate of drug-likeness (QED) is 0.545. The minimum atomic E-state index is -0.413. The van der Waals surface area contributed by atoms with Crippen LogP contribution in [-0.2, 0) is 0 Å². The number of nitro benzene ring substituents is 1. The fourth-order valence-electron chi connectivity index (χ4n) is 1.19. The van der Waals surface area contributed by atoms with Gasteiger partial charge in [-0.15, -0.1) is 0 Å². The van der Waals surface area contributed by atoms with E-state index >= 15 is 0 Å². The van der Waals surface area contributed by atoms with Gasteiger partial charge in [0, 0.05) is 6.07 Å². The van der Waals surface area contributed by atoms with Crippen molar-refractivity contribution < 1.29 is 9.66 Å². The van der Waals surface area contributed by atoms with Crippen LogP contribution in [0.3, 0.4) is 0 Å². The normalized spacial score (nSPS) is 15.1. The first kappa shape index (κ1) is 8.99. The number of nitro groups is 1. The second-order valence-electron chi connectivity index (χ2n) is 3.51. The molecule has 1 aromatic carbocycles. The van der Waals surface area contributed by atoms with Crippen LogP contribution in [0.5, 0.6) is 5.75 Å². The van der Waals surface area contributed by atoms with E-state index in [0.29, 0.717) is 18.3 Å². The summed E-state index contributed by atoms with van der Waals surface area (Å²) in [6.07, 6.45) is 2.43. The number of ether oxygens (including phenoxy) is 1. The van der Waals surface area contributed by atoms with E-state index in [2.05, 4.69) is 0 Å². The number of benzene rings is 1. The molecule has 4 nitrogen and oxygen atoms in total. The van der Waals surface area contributed by atoms with Crippen molar-refractivity contribution in [2.75, 3.05) is 6.61 Å². The SMILES string of the molecule is O=[N+]([O-])c1cccc(OCC2CC2)c1. The molecule has 0 saturated heterocycles. The van der Waals surface area contributed by atoms with Gasteiger partial charge in [-0.25, -0.2) is 0 Å². The van der Waals surface area contributed by atoms with Crippen LogP contribution in [0.4, 0.5) is 5.69 Å². The zero-order valence-corrected chi connectivity index (χ0v) is 7.68. The summed E-state index contributed by atoms with van der Waals surface area (Å²) in [5.74, 6) is 1.25. The van der Waals surface area contributed by atoms with E-state index in [9.17, 15) is 10.1 Å². The maximum Gasteiger partial charge on any atom is 0.273 e. The monoisotopic (exact) mass is 193 g/mol. The molecule has 0 aromatic heterocycles. The van der Waals surface area contributed by atoms with Gasteiger partial charge in [0.1, 0.15) is 5.75 Å². The van der Waals surface area contributed by atoms with E-state index in [1.165, 1.54) is 25.0 Å². The van der Waals surface area contributed by atoms with Crippen LogP contribution in [0.25, 0.3) is 0 Å². The summed E-state index contributed by atoms with van der Waals surface area (Å²) in [6.45, 7) is 0.682. The highest BCUT2D eigenvalue weighted by Crippen LogP contribution is 2.30. The number of hydrogen-bond donors (Lipinski definition) is 0. The van der Waals surface area contributed by atoms with E-state index in [1.807, 2.05) is 0 Å². The average Bonchev–Trinajstić information content (AvgIpc) is 2.99. The molecule has 0 radical (unpaired) electrons. The van der Waals surface area contributed by atoms with Gasteiger partial charge in [-0.3, -0.25) is 10.1 Å². The Kier molecular flexibility index (Phi) is 2.35. The Labute approximate surface area is 81.7 Å². The third-order valence-electron chi connectivity index (χ3n) is 2.21. The van der Waals surface area contributed by atoms with Crippen molar-refractivity contribution >= 4 is 5.69 Å². The van der Waals surface area contributed by atoms with E-state index < -0.39 is 4.92 Å². The summed E-state index contributed by atoms with van der Waals surface area (Å²) in [4.78, 5) is 10.0. The summed E-state index contributed by atoms with van der Waals surface area (Å²) in [7, 11) is 0. The largest absolute Gasteiger partial charge is 0.493 e. The molecule has 0 unspecified atom stereocenters. The molecule has 1 aliphatic carbocycles. The molecule has 1 aliphatic rings. The third-order valence-corrected chi connectivity index (χ3v) is 2.21. The maximum absolute atomic E-state index is 10.5. The molecule has 1 saturated carbocycles. The van der Waals surface area contributed by atoms with Gasteiger partial charge in [0.05, 0.1) is 17.6 Å². The molecule has 1 aromatic rings. The molecule has 0 aliphatic heterocycles. The Morgan fingerprint density at radius 2 is 2.29 bits per heavy atom. The Bertz CT molecular complexity index is 347. The van der Waals surface area contributed by atoms with Gasteiger partial charge in [0.15, 0.2) is 0 Å². The molecule has 14 heavy (non-hydrogen) atoms. The minimum absolute atomic E-state index is 0.0818. The lowest BCUT2D eigenvalue weighted by atomic mass is 10.3. The number of non-ortho nitro benzene ring substituents is 1. The average molecular weight is 193 g/mol. The fraction of sp³-hybridized carbons (Fsp3) is 0.400. The maximum atomic E-state index is 10.5. The highest BCUT2D eigenvalue weighted by Gasteiger charge is 2.22. The lowest BCUT2D eigenvalue weighted by Gasteiger charge is -2.03. The van der Waals surface area contributed by atoms with Gasteiger partial charge < -0.3 is 4.74 Å². The van der Waals surface area contributed by atoms with Crippen LogP contribution in [-0.4, -0.2) is 11.5 Å². The van der Waals surface area contributed by atoms with Crippen LogP contribution < -0.4 is 4.74 Å². The second-order valence-corrected chi connectivity index (χ2v) is 3.51. The number of rotatable bonds is 4. The van der Waals surface area contributed by atoms with Crippen LogP contribution >= 0.6 is 0 Å². The van der Waals surface area contributed by atoms with E-state index in [4.69, 9.17) is 4.74 Å². The third kappa shape index (κ3) is 2.22. The van der Waals surface area contributed by atoms with Crippen molar-refractivity contribution in [2.45, 2.75) is 12.8 Å². The molecule has 0 amide bonds. The molecule has 0 N–H and O–H groups in total. The second kappa shape index (κ2) is 3.65. The first-order chi connectivity index (χ1) is 6.75. The molecule has 0 spiro atoms. The Morgan fingerprint density at radius 3 is 2.93 bits per heavy atom. The summed E-state index contributed by atoms with van der Waals surface area (Å²) in [5, 5.41) is 10.5. The Hall–Kier alpha value is -1.58. The summed E-state index contributed by atoms with van der Waals surface area (Å²) < 4.78 is 5.42. The Balaban J connectivity index is 2.01. The van der Waals surface area contributed by atoms with Crippen molar-refractivity contribution in [3.63, 3.8) is 0 Å². The van der Waals surface area contributed by atoms with Crippen molar-refractivity contribution in [3.05, 3.63) is 34.4 Å². The van der Waals surface area contributed by atoms with Gasteiger partial charge in [-0.2, -0.15) is 0 Å². The first-order valence-corrected chi connectivity index (χ1v) is 4.63. The number of hydrogen-bond acceptors (Lipinski definition) is 3. The predicted octanol–water partition coefficient (Wildman–Crippen LogP) is 2.38. The molecular formula is C10H11NO3. The van der Waals surface area contributed by atoms with E-state index in [-0.39, 0.29) is 5.69 Å². The van der Waals surface area contributed by atoms with E-state index in [1.54, 1.807) is 12.1 Å². The van der Waals surface area contributed by atoms with Crippen molar-refractivity contribution in [1.29, 1.82) is 0 Å². The van der Waals surface area contributed by atoms with Gasteiger partial charge >= 0.3 is 0 Å². The van der Waals surface area contributed by atoms with E-state index in [0.717, 1.165) is 0 Å². The van der Waals surface area contributed by atoms with Crippen LogP contribution in [0.2, 0.25) is 0 Å². The number of nitrogens with zero attached hydrogens (tertiary/aromatic N) is 1. The molecule has 74 valence electrons. The van der Waals surface area contributed by atoms with Crippen molar-refractivity contribution in [1.82, 2.24) is 0 Å². The summed E-state index contributed by atoms with van der Waals surface area (Å²) in [6, 6.07) is 6.31. The minimum Gasteiger partial charge on any atom is -0.493 e. The lowest BCUT2D eigenvalue weighted by Crippen LogP contribution is -1.99. The zero-order chi connectivity index (χ0) is 9.97. The first-order valence-electron chi connectivity index (χ1n) is 4.63. The molecule has 0 bridgehead atoms. The van der Waals surface area contributed by atoms with Crippen molar-refractivity contribution in [3.8, 4) is 5.75 Å². The van der Waals surface area contributed by atoms with Gasteiger partial charge in [-0.05, 0) is 24.8 Å². The fourth-order valence-corrected chi connectivity index (χ4v) is 1.19. The topological polar surface area (TPSA) is 52.4 Å². The van der Waals surface area contributed by atoms with Crippen LogP contribution in [0.1, 0.15) is 12.8 Å². The van der Waals surface area contributed by atoms with Crippen LogP contribution in [0.15, 0.2) is 24.3 Å². The van der Waals surface area contributed by atoms with Gasteiger partial charge in [0.2, 0.25) is 0 Å². The highest BCUT2D eigenvalue weighted by atomic mass is 16.6. The highest BCUT2D eigenvalue weighted by molar-refractivity contribution is 5.37. The predicted molar refractivity (Wildman–Crippen MR) is 51.3 cm³/mol. The van der Waals surface area contributed by atoms with Crippen LogP contribution in [0, 0.1) is 16.0 Å². The molecule has 0 heterocycles. The molecule has 2 rings (SSSR count). The molecular weight excluding hydrogens is 182 g/mol. The molecule has 1 fully saturated rings. The molecule has 0 atom stereocenters. The lowest BCUT2D eigenvalue weighted by molar-refractivity contribution is -0.384. The Morgan fingerprint density at radius 1 is 1.50 bits per heavy atom. The standard InChI is InChI=1S/C10H11NO3/c12-11(13)9-2-1-3-10(6-9)14-7-8-4-5-8/h1-3,6,8H,4-5,7H2. The zero-order valence-electron chi connectivity index (χ0n) is 7.68.